The van der Waals surface area contributed by atoms with Crippen molar-refractivity contribution in [1.82, 2.24) is 0 Å². The fraction of sp³-hybridized carbons (Fsp3) is 0.455. The normalized spacial score (nSPS) is 11.5. The van der Waals surface area contributed by atoms with Crippen molar-refractivity contribution >= 4 is 10.8 Å². The van der Waals surface area contributed by atoms with Gasteiger partial charge in [-0.15, -0.1) is 0 Å². The minimum absolute atomic E-state index is 0.504. The maximum atomic E-state index is 11.2. The Bertz CT molecular complexity index is 310. The van der Waals surface area contributed by atoms with Gasteiger partial charge in [-0.25, -0.2) is 0 Å². The molecule has 0 fully saturated rings. The summed E-state index contributed by atoms with van der Waals surface area (Å²) in [5, 5.41) is 0. The van der Waals surface area contributed by atoms with Crippen LogP contribution in [0.5, 0.6) is 0 Å². The smallest absolute Gasteiger partial charge is 0.0500 e. The molecule has 14 heavy (non-hydrogen) atoms. The van der Waals surface area contributed by atoms with Crippen LogP contribution in [-0.2, 0) is 17.3 Å². The molecule has 1 aromatic carbocycles. The fourth-order valence-electron chi connectivity index (χ4n) is 1.08. The Balaban J connectivity index is 0.000000791. The minimum atomic E-state index is -0.908. The van der Waals surface area contributed by atoms with E-state index in [-0.39, 0.29) is 0 Å². The summed E-state index contributed by atoms with van der Waals surface area (Å²) in [5.41, 5.74) is 7.57. The molecule has 1 unspecified atom stereocenters. The molecule has 0 heterocycles. The number of hydrogen-bond donors (Lipinski definition) is 1. The molecule has 0 aliphatic heterocycles. The summed E-state index contributed by atoms with van der Waals surface area (Å²) in [7, 11) is -0.908. The first-order valence-corrected chi connectivity index (χ1v) is 6.34. The molecule has 1 rings (SSSR count). The first-order valence-electron chi connectivity index (χ1n) is 4.78. The zero-order chi connectivity index (χ0) is 11.1. The van der Waals surface area contributed by atoms with Gasteiger partial charge in [-0.05, 0) is 24.1 Å². The highest BCUT2D eigenvalue weighted by molar-refractivity contribution is 7.84. The third-order valence-corrected chi connectivity index (χ3v) is 2.86. The SMILES string of the molecule is CC.Cc1ccc(CN)cc1S(C)=O. The van der Waals surface area contributed by atoms with Gasteiger partial charge in [0.25, 0.3) is 0 Å². The third-order valence-electron chi connectivity index (χ3n) is 1.80. The van der Waals surface area contributed by atoms with Crippen LogP contribution in [0.25, 0.3) is 0 Å². The van der Waals surface area contributed by atoms with Crippen molar-refractivity contribution in [2.24, 2.45) is 5.73 Å². The molecule has 3 heteroatoms. The molecule has 0 aliphatic rings. The topological polar surface area (TPSA) is 43.1 Å². The summed E-state index contributed by atoms with van der Waals surface area (Å²) < 4.78 is 11.2. The minimum Gasteiger partial charge on any atom is -0.326 e. The fourth-order valence-corrected chi connectivity index (χ4v) is 1.92. The van der Waals surface area contributed by atoms with Crippen LogP contribution in [0.3, 0.4) is 0 Å². The van der Waals surface area contributed by atoms with Crippen LogP contribution in [0.2, 0.25) is 0 Å². The summed E-state index contributed by atoms with van der Waals surface area (Å²) in [6.45, 7) is 6.46. The lowest BCUT2D eigenvalue weighted by Gasteiger charge is -2.04. The number of nitrogens with two attached hydrogens (primary N) is 1. The Morgan fingerprint density at radius 2 is 1.93 bits per heavy atom. The average molecular weight is 213 g/mol. The van der Waals surface area contributed by atoms with Crippen molar-refractivity contribution in [2.75, 3.05) is 6.26 Å². The number of hydrogen-bond acceptors (Lipinski definition) is 2. The monoisotopic (exact) mass is 213 g/mol. The molecular weight excluding hydrogens is 194 g/mol. The van der Waals surface area contributed by atoms with E-state index in [1.54, 1.807) is 6.26 Å². The van der Waals surface area contributed by atoms with Gasteiger partial charge in [0.2, 0.25) is 0 Å². The Morgan fingerprint density at radius 3 is 2.36 bits per heavy atom. The highest BCUT2D eigenvalue weighted by atomic mass is 32.2. The van der Waals surface area contributed by atoms with Crippen LogP contribution in [0.15, 0.2) is 23.1 Å². The van der Waals surface area contributed by atoms with Crippen LogP contribution >= 0.6 is 0 Å². The van der Waals surface area contributed by atoms with E-state index >= 15 is 0 Å². The quantitative estimate of drug-likeness (QED) is 0.818. The first-order chi connectivity index (χ1) is 6.65. The van der Waals surface area contributed by atoms with Gasteiger partial charge in [0.05, 0.1) is 10.8 Å². The molecule has 0 aliphatic carbocycles. The molecule has 0 amide bonds. The number of rotatable bonds is 2. The number of benzene rings is 1. The average Bonchev–Trinajstić information content (AvgIpc) is 2.21. The van der Waals surface area contributed by atoms with E-state index < -0.39 is 10.8 Å². The molecular formula is C11H19NOS. The van der Waals surface area contributed by atoms with Gasteiger partial charge in [0.15, 0.2) is 0 Å². The molecule has 1 atom stereocenters. The van der Waals surface area contributed by atoms with E-state index in [2.05, 4.69) is 0 Å². The van der Waals surface area contributed by atoms with E-state index in [0.29, 0.717) is 6.54 Å². The van der Waals surface area contributed by atoms with Gasteiger partial charge in [-0.2, -0.15) is 0 Å². The lowest BCUT2D eigenvalue weighted by molar-refractivity contribution is 0.686. The Kier molecular flexibility index (Phi) is 6.41. The Morgan fingerprint density at radius 1 is 1.36 bits per heavy atom. The highest BCUT2D eigenvalue weighted by Crippen LogP contribution is 2.13. The van der Waals surface area contributed by atoms with Crippen molar-refractivity contribution in [3.63, 3.8) is 0 Å². The number of aryl methyl sites for hydroxylation is 1. The standard InChI is InChI=1S/C9H13NOS.C2H6/c1-7-3-4-8(6-10)5-9(7)12(2)11;1-2/h3-5H,6,10H2,1-2H3;1-2H3. The summed E-state index contributed by atoms with van der Waals surface area (Å²) >= 11 is 0. The predicted molar refractivity (Wildman–Crippen MR) is 62.8 cm³/mol. The second-order valence-electron chi connectivity index (χ2n) is 2.76. The maximum absolute atomic E-state index is 11.2. The van der Waals surface area contributed by atoms with Crippen molar-refractivity contribution in [2.45, 2.75) is 32.2 Å². The van der Waals surface area contributed by atoms with Crippen LogP contribution in [0, 0.1) is 6.92 Å². The molecule has 80 valence electrons. The van der Waals surface area contributed by atoms with Gasteiger partial charge in [0, 0.05) is 17.7 Å². The van der Waals surface area contributed by atoms with E-state index in [4.69, 9.17) is 5.73 Å². The molecule has 0 aromatic heterocycles. The van der Waals surface area contributed by atoms with E-state index in [9.17, 15) is 4.21 Å². The zero-order valence-electron chi connectivity index (χ0n) is 9.33. The van der Waals surface area contributed by atoms with Gasteiger partial charge >= 0.3 is 0 Å². The van der Waals surface area contributed by atoms with Gasteiger partial charge in [-0.1, -0.05) is 26.0 Å². The van der Waals surface area contributed by atoms with Crippen LogP contribution in [-0.4, -0.2) is 10.5 Å². The van der Waals surface area contributed by atoms with Gasteiger partial charge in [-0.3, -0.25) is 4.21 Å². The lowest BCUT2D eigenvalue weighted by Crippen LogP contribution is -1.99. The molecule has 1 aromatic rings. The van der Waals surface area contributed by atoms with Crippen LogP contribution in [0.1, 0.15) is 25.0 Å². The van der Waals surface area contributed by atoms with E-state index in [1.165, 1.54) is 0 Å². The van der Waals surface area contributed by atoms with Crippen molar-refractivity contribution in [3.05, 3.63) is 29.3 Å². The van der Waals surface area contributed by atoms with E-state index in [1.807, 2.05) is 39.0 Å². The van der Waals surface area contributed by atoms with Gasteiger partial charge in [0.1, 0.15) is 0 Å². The molecule has 2 nitrogen and oxygen atoms in total. The molecule has 0 saturated carbocycles. The van der Waals surface area contributed by atoms with Gasteiger partial charge < -0.3 is 5.73 Å². The molecule has 0 saturated heterocycles. The third kappa shape index (κ3) is 3.60. The molecule has 0 spiro atoms. The molecule has 0 radical (unpaired) electrons. The second kappa shape index (κ2) is 6.74. The van der Waals surface area contributed by atoms with Crippen LogP contribution in [0.4, 0.5) is 0 Å². The van der Waals surface area contributed by atoms with E-state index in [0.717, 1.165) is 16.0 Å². The molecule has 0 bridgehead atoms. The summed E-state index contributed by atoms with van der Waals surface area (Å²) in [6, 6.07) is 5.83. The zero-order valence-corrected chi connectivity index (χ0v) is 10.1. The summed E-state index contributed by atoms with van der Waals surface area (Å²) in [4.78, 5) is 0.887. The molecule has 2 N–H and O–H groups in total. The Hall–Kier alpha value is -0.670. The maximum Gasteiger partial charge on any atom is 0.0500 e. The lowest BCUT2D eigenvalue weighted by atomic mass is 10.1. The highest BCUT2D eigenvalue weighted by Gasteiger charge is 2.02. The largest absolute Gasteiger partial charge is 0.326 e. The second-order valence-corrected chi connectivity index (χ2v) is 4.11. The van der Waals surface area contributed by atoms with Crippen molar-refractivity contribution in [3.8, 4) is 0 Å². The van der Waals surface area contributed by atoms with Crippen molar-refractivity contribution in [1.29, 1.82) is 0 Å². The Labute approximate surface area is 89.0 Å². The van der Waals surface area contributed by atoms with Crippen LogP contribution < -0.4 is 5.73 Å². The predicted octanol–water partition coefficient (Wildman–Crippen LogP) is 2.22. The van der Waals surface area contributed by atoms with Crippen molar-refractivity contribution < 1.29 is 4.21 Å². The summed E-state index contributed by atoms with van der Waals surface area (Å²) in [5.74, 6) is 0. The first kappa shape index (κ1) is 13.3. The summed E-state index contributed by atoms with van der Waals surface area (Å²) in [6.07, 6.45) is 1.68.